The highest BCUT2D eigenvalue weighted by Gasteiger charge is 2.10. The number of rotatable bonds is 5. The summed E-state index contributed by atoms with van der Waals surface area (Å²) < 4.78 is 0. The first-order valence-corrected chi connectivity index (χ1v) is 6.73. The van der Waals surface area contributed by atoms with Crippen LogP contribution in [0.25, 0.3) is 0 Å². The summed E-state index contributed by atoms with van der Waals surface area (Å²) in [6, 6.07) is 5.79. The fraction of sp³-hybridized carbons (Fsp3) is 0.533. The minimum atomic E-state index is -0.388. The molecular formula is C15H24N2O2. The van der Waals surface area contributed by atoms with Crippen molar-refractivity contribution in [1.82, 2.24) is 4.90 Å². The van der Waals surface area contributed by atoms with Crippen LogP contribution in [-0.2, 0) is 6.42 Å². The SMILES string of the molecule is CCc1cc(NC(=O)N(C)CCC(C)O)ccc1C. The first-order chi connectivity index (χ1) is 8.93. The third-order valence-corrected chi connectivity index (χ3v) is 3.21. The van der Waals surface area contributed by atoms with Crippen LogP contribution in [-0.4, -0.2) is 35.7 Å². The normalized spacial score (nSPS) is 12.1. The van der Waals surface area contributed by atoms with Gasteiger partial charge in [-0.2, -0.15) is 0 Å². The van der Waals surface area contributed by atoms with Gasteiger partial charge in [0.15, 0.2) is 0 Å². The van der Waals surface area contributed by atoms with Crippen molar-refractivity contribution in [1.29, 1.82) is 0 Å². The van der Waals surface area contributed by atoms with Crippen molar-refractivity contribution >= 4 is 11.7 Å². The molecule has 0 heterocycles. The van der Waals surface area contributed by atoms with Crippen molar-refractivity contribution in [2.75, 3.05) is 18.9 Å². The summed E-state index contributed by atoms with van der Waals surface area (Å²) in [4.78, 5) is 13.5. The van der Waals surface area contributed by atoms with Crippen LogP contribution in [0.5, 0.6) is 0 Å². The summed E-state index contributed by atoms with van der Waals surface area (Å²) in [5, 5.41) is 12.1. The number of carbonyl (C=O) groups is 1. The fourth-order valence-corrected chi connectivity index (χ4v) is 1.83. The van der Waals surface area contributed by atoms with Gasteiger partial charge in [-0.05, 0) is 49.9 Å². The van der Waals surface area contributed by atoms with Gasteiger partial charge in [-0.3, -0.25) is 0 Å². The van der Waals surface area contributed by atoms with Crippen LogP contribution < -0.4 is 5.32 Å². The molecule has 4 nitrogen and oxygen atoms in total. The zero-order chi connectivity index (χ0) is 14.4. The van der Waals surface area contributed by atoms with E-state index in [1.165, 1.54) is 11.1 Å². The Morgan fingerprint density at radius 3 is 2.74 bits per heavy atom. The number of hydrogen-bond acceptors (Lipinski definition) is 2. The van der Waals surface area contributed by atoms with E-state index in [2.05, 4.69) is 19.2 Å². The van der Waals surface area contributed by atoms with Crippen LogP contribution in [0.4, 0.5) is 10.5 Å². The Kier molecular flexibility index (Phi) is 5.83. The van der Waals surface area contributed by atoms with Crippen LogP contribution in [0.2, 0.25) is 0 Å². The van der Waals surface area contributed by atoms with E-state index in [9.17, 15) is 9.90 Å². The van der Waals surface area contributed by atoms with E-state index in [0.717, 1.165) is 12.1 Å². The van der Waals surface area contributed by atoms with Gasteiger partial charge in [-0.15, -0.1) is 0 Å². The second kappa shape index (κ2) is 7.14. The molecule has 1 atom stereocenters. The lowest BCUT2D eigenvalue weighted by Crippen LogP contribution is -2.33. The third kappa shape index (κ3) is 4.91. The van der Waals surface area contributed by atoms with E-state index in [0.29, 0.717) is 13.0 Å². The lowest BCUT2D eigenvalue weighted by Gasteiger charge is -2.19. The molecule has 106 valence electrons. The second-order valence-electron chi connectivity index (χ2n) is 4.98. The van der Waals surface area contributed by atoms with Gasteiger partial charge in [0.05, 0.1) is 6.10 Å². The first kappa shape index (κ1) is 15.5. The zero-order valence-electron chi connectivity index (χ0n) is 12.2. The van der Waals surface area contributed by atoms with Gasteiger partial charge in [0.2, 0.25) is 0 Å². The predicted octanol–water partition coefficient (Wildman–Crippen LogP) is 2.79. The summed E-state index contributed by atoms with van der Waals surface area (Å²) >= 11 is 0. The van der Waals surface area contributed by atoms with Crippen LogP contribution in [0, 0.1) is 6.92 Å². The lowest BCUT2D eigenvalue weighted by molar-refractivity contribution is 0.167. The molecule has 0 aromatic heterocycles. The number of hydrogen-bond donors (Lipinski definition) is 2. The summed E-state index contributed by atoms with van der Waals surface area (Å²) in [7, 11) is 1.73. The molecule has 2 N–H and O–H groups in total. The number of carbonyl (C=O) groups excluding carboxylic acids is 1. The van der Waals surface area contributed by atoms with Gasteiger partial charge in [0, 0.05) is 19.3 Å². The van der Waals surface area contributed by atoms with Gasteiger partial charge >= 0.3 is 6.03 Å². The first-order valence-electron chi connectivity index (χ1n) is 6.73. The van der Waals surface area contributed by atoms with Crippen molar-refractivity contribution in [3.05, 3.63) is 29.3 Å². The van der Waals surface area contributed by atoms with E-state index in [1.54, 1.807) is 18.9 Å². The Balaban J connectivity index is 2.61. The Hall–Kier alpha value is -1.55. The van der Waals surface area contributed by atoms with Gasteiger partial charge in [-0.25, -0.2) is 4.79 Å². The van der Waals surface area contributed by atoms with Gasteiger partial charge in [0.1, 0.15) is 0 Å². The van der Waals surface area contributed by atoms with E-state index >= 15 is 0 Å². The number of nitrogens with zero attached hydrogens (tertiary/aromatic N) is 1. The molecule has 1 aromatic rings. The van der Waals surface area contributed by atoms with Crippen molar-refractivity contribution in [3.63, 3.8) is 0 Å². The topological polar surface area (TPSA) is 52.6 Å². The molecule has 4 heteroatoms. The molecule has 0 fully saturated rings. The minimum Gasteiger partial charge on any atom is -0.393 e. The van der Waals surface area contributed by atoms with E-state index in [1.807, 2.05) is 18.2 Å². The Morgan fingerprint density at radius 1 is 1.47 bits per heavy atom. The maximum absolute atomic E-state index is 11.9. The highest BCUT2D eigenvalue weighted by atomic mass is 16.3. The summed E-state index contributed by atoms with van der Waals surface area (Å²) in [6.45, 7) is 6.43. The average molecular weight is 264 g/mol. The molecule has 0 radical (unpaired) electrons. The van der Waals surface area contributed by atoms with Crippen LogP contribution in [0.3, 0.4) is 0 Å². The number of benzene rings is 1. The van der Waals surface area contributed by atoms with Crippen LogP contribution >= 0.6 is 0 Å². The van der Waals surface area contributed by atoms with Crippen molar-refractivity contribution < 1.29 is 9.90 Å². The highest BCUT2D eigenvalue weighted by molar-refractivity contribution is 5.89. The van der Waals surface area contributed by atoms with Crippen molar-refractivity contribution in [3.8, 4) is 0 Å². The number of nitrogens with one attached hydrogen (secondary N) is 1. The second-order valence-corrected chi connectivity index (χ2v) is 4.98. The molecule has 0 aliphatic rings. The quantitative estimate of drug-likeness (QED) is 0.859. The summed E-state index contributed by atoms with van der Waals surface area (Å²) in [6.07, 6.45) is 1.15. The minimum absolute atomic E-state index is 0.147. The van der Waals surface area contributed by atoms with Gasteiger partial charge in [0.25, 0.3) is 0 Å². The van der Waals surface area contributed by atoms with E-state index in [-0.39, 0.29) is 12.1 Å². The van der Waals surface area contributed by atoms with Crippen LogP contribution in [0.1, 0.15) is 31.4 Å². The van der Waals surface area contributed by atoms with Crippen molar-refractivity contribution in [2.45, 2.75) is 39.7 Å². The molecule has 19 heavy (non-hydrogen) atoms. The smallest absolute Gasteiger partial charge is 0.321 e. The average Bonchev–Trinajstić information content (AvgIpc) is 2.37. The van der Waals surface area contributed by atoms with Gasteiger partial charge < -0.3 is 15.3 Å². The summed E-state index contributed by atoms with van der Waals surface area (Å²) in [5.41, 5.74) is 3.30. The third-order valence-electron chi connectivity index (χ3n) is 3.21. The molecule has 0 saturated heterocycles. The molecule has 2 amide bonds. The van der Waals surface area contributed by atoms with Crippen molar-refractivity contribution in [2.24, 2.45) is 0 Å². The Bertz CT molecular complexity index is 430. The zero-order valence-corrected chi connectivity index (χ0v) is 12.2. The maximum atomic E-state index is 11.9. The standard InChI is InChI=1S/C15H24N2O2/c1-5-13-10-14(7-6-11(13)2)16-15(19)17(4)9-8-12(3)18/h6-7,10,12,18H,5,8-9H2,1-4H3,(H,16,19). The molecular weight excluding hydrogens is 240 g/mol. The van der Waals surface area contributed by atoms with E-state index in [4.69, 9.17) is 0 Å². The predicted molar refractivity (Wildman–Crippen MR) is 78.5 cm³/mol. The molecule has 1 unspecified atom stereocenters. The number of anilines is 1. The fourth-order valence-electron chi connectivity index (χ4n) is 1.83. The molecule has 0 saturated carbocycles. The molecule has 1 aromatic carbocycles. The molecule has 0 aliphatic carbocycles. The van der Waals surface area contributed by atoms with Gasteiger partial charge in [-0.1, -0.05) is 13.0 Å². The number of aliphatic hydroxyl groups is 1. The Labute approximate surface area is 115 Å². The van der Waals surface area contributed by atoms with E-state index < -0.39 is 0 Å². The summed E-state index contributed by atoms with van der Waals surface area (Å²) in [5.74, 6) is 0. The molecule has 0 bridgehead atoms. The molecule has 0 spiro atoms. The molecule has 0 aliphatic heterocycles. The molecule has 1 rings (SSSR count). The number of aryl methyl sites for hydroxylation is 2. The number of urea groups is 1. The largest absolute Gasteiger partial charge is 0.393 e. The lowest BCUT2D eigenvalue weighted by atomic mass is 10.1. The highest BCUT2D eigenvalue weighted by Crippen LogP contribution is 2.16. The number of amides is 2. The number of aliphatic hydroxyl groups excluding tert-OH is 1. The maximum Gasteiger partial charge on any atom is 0.321 e. The monoisotopic (exact) mass is 264 g/mol. The Morgan fingerprint density at radius 2 is 2.16 bits per heavy atom. The van der Waals surface area contributed by atoms with Crippen LogP contribution in [0.15, 0.2) is 18.2 Å².